The van der Waals surface area contributed by atoms with Gasteiger partial charge in [0.1, 0.15) is 15.5 Å². The second-order valence-corrected chi connectivity index (χ2v) is 6.32. The van der Waals surface area contributed by atoms with Crippen molar-refractivity contribution >= 4 is 17.3 Å². The van der Waals surface area contributed by atoms with Gasteiger partial charge in [-0.25, -0.2) is 9.78 Å². The predicted molar refractivity (Wildman–Crippen MR) is 74.5 cm³/mol. The fourth-order valence-electron chi connectivity index (χ4n) is 2.84. The van der Waals surface area contributed by atoms with Gasteiger partial charge in [0.15, 0.2) is 0 Å². The molecule has 0 spiro atoms. The summed E-state index contributed by atoms with van der Waals surface area (Å²) in [5.41, 5.74) is 0.417. The number of methoxy groups -OCH3 is 2. The summed E-state index contributed by atoms with van der Waals surface area (Å²) in [7, 11) is 3.14. The second kappa shape index (κ2) is 5.59. The van der Waals surface area contributed by atoms with Crippen LogP contribution >= 0.6 is 11.3 Å². The van der Waals surface area contributed by atoms with E-state index in [1.165, 1.54) is 24.9 Å². The molecule has 2 unspecified atom stereocenters. The maximum Gasteiger partial charge on any atom is 0.349 e. The van der Waals surface area contributed by atoms with Crippen LogP contribution in [-0.2, 0) is 15.1 Å². The van der Waals surface area contributed by atoms with Crippen LogP contribution in [0.5, 0.6) is 0 Å². The van der Waals surface area contributed by atoms with Crippen LogP contribution in [0.4, 0.5) is 0 Å². The molecule has 0 bridgehead atoms. The number of esters is 1. The van der Waals surface area contributed by atoms with Crippen molar-refractivity contribution in [3.8, 4) is 0 Å². The molecule has 0 amide bonds. The topological polar surface area (TPSA) is 48.4 Å². The molecular weight excluding hydrogens is 262 g/mol. The van der Waals surface area contributed by atoms with Gasteiger partial charge in [-0.3, -0.25) is 0 Å². The van der Waals surface area contributed by atoms with E-state index in [-0.39, 0.29) is 11.6 Å². The molecule has 19 heavy (non-hydrogen) atoms. The number of nitrogens with zero attached hydrogens (tertiary/aromatic N) is 1. The first kappa shape index (κ1) is 14.5. The number of carbonyl (C=O) groups excluding carboxylic acids is 1. The van der Waals surface area contributed by atoms with Crippen molar-refractivity contribution in [1.82, 2.24) is 4.98 Å². The number of aromatic nitrogens is 1. The van der Waals surface area contributed by atoms with Crippen LogP contribution in [0.1, 0.15) is 53.0 Å². The van der Waals surface area contributed by atoms with Gasteiger partial charge in [0.2, 0.25) is 0 Å². The number of rotatable bonds is 3. The van der Waals surface area contributed by atoms with E-state index in [0.29, 0.717) is 10.8 Å². The van der Waals surface area contributed by atoms with Crippen molar-refractivity contribution in [2.45, 2.75) is 45.1 Å². The van der Waals surface area contributed by atoms with Crippen molar-refractivity contribution in [3.63, 3.8) is 0 Å². The number of hydrogen-bond donors (Lipinski definition) is 0. The Kier molecular flexibility index (Phi) is 4.26. The highest BCUT2D eigenvalue weighted by atomic mass is 32.1. The molecule has 0 radical (unpaired) electrons. The molecule has 2 rings (SSSR count). The van der Waals surface area contributed by atoms with Crippen LogP contribution < -0.4 is 0 Å². The van der Waals surface area contributed by atoms with Crippen molar-refractivity contribution < 1.29 is 14.3 Å². The smallest absolute Gasteiger partial charge is 0.349 e. The molecule has 0 aromatic carbocycles. The van der Waals surface area contributed by atoms with Crippen LogP contribution in [0.25, 0.3) is 0 Å². The summed E-state index contributed by atoms with van der Waals surface area (Å²) in [6, 6.07) is 0. The van der Waals surface area contributed by atoms with Gasteiger partial charge in [0, 0.05) is 7.11 Å². The van der Waals surface area contributed by atoms with E-state index in [1.807, 2.05) is 6.92 Å². The average molecular weight is 283 g/mol. The zero-order chi connectivity index (χ0) is 14.0. The summed E-state index contributed by atoms with van der Waals surface area (Å²) in [4.78, 5) is 16.9. The van der Waals surface area contributed by atoms with E-state index in [4.69, 9.17) is 9.47 Å². The van der Waals surface area contributed by atoms with Gasteiger partial charge in [-0.15, -0.1) is 11.3 Å². The first-order chi connectivity index (χ1) is 9.02. The highest BCUT2D eigenvalue weighted by Crippen LogP contribution is 2.44. The summed E-state index contributed by atoms with van der Waals surface area (Å²) in [6.07, 6.45) is 4.32. The summed E-state index contributed by atoms with van der Waals surface area (Å²) >= 11 is 1.41. The van der Waals surface area contributed by atoms with Crippen molar-refractivity contribution in [3.05, 3.63) is 15.6 Å². The molecule has 1 aliphatic rings. The molecule has 1 aromatic rings. The van der Waals surface area contributed by atoms with E-state index in [1.54, 1.807) is 7.11 Å². The lowest BCUT2D eigenvalue weighted by Gasteiger charge is -2.37. The van der Waals surface area contributed by atoms with E-state index in [0.717, 1.165) is 30.0 Å². The van der Waals surface area contributed by atoms with E-state index < -0.39 is 0 Å². The van der Waals surface area contributed by atoms with Crippen LogP contribution in [0.3, 0.4) is 0 Å². The van der Waals surface area contributed by atoms with Crippen molar-refractivity contribution in [2.75, 3.05) is 14.2 Å². The lowest BCUT2D eigenvalue weighted by molar-refractivity contribution is -0.0581. The number of aryl methyl sites for hydroxylation is 1. The Bertz CT molecular complexity index is 471. The van der Waals surface area contributed by atoms with Gasteiger partial charge in [-0.05, 0) is 32.1 Å². The molecule has 1 heterocycles. The Balaban J connectivity index is 2.36. The van der Waals surface area contributed by atoms with E-state index in [9.17, 15) is 4.79 Å². The minimum Gasteiger partial charge on any atom is -0.465 e. The highest BCUT2D eigenvalue weighted by molar-refractivity contribution is 7.13. The highest BCUT2D eigenvalue weighted by Gasteiger charge is 2.40. The summed E-state index contributed by atoms with van der Waals surface area (Å²) in [5.74, 6) is 0.316. The maximum absolute atomic E-state index is 11.7. The van der Waals surface area contributed by atoms with E-state index in [2.05, 4.69) is 11.9 Å². The number of hydrogen-bond acceptors (Lipinski definition) is 5. The second-order valence-electron chi connectivity index (χ2n) is 5.33. The number of ether oxygens (including phenoxy) is 2. The molecule has 5 heteroatoms. The zero-order valence-corrected chi connectivity index (χ0v) is 12.8. The number of thiazole rings is 1. The normalized spacial score (nSPS) is 27.3. The van der Waals surface area contributed by atoms with E-state index >= 15 is 0 Å². The lowest BCUT2D eigenvalue weighted by Crippen LogP contribution is -2.34. The van der Waals surface area contributed by atoms with Gasteiger partial charge in [0.05, 0.1) is 12.8 Å². The molecule has 1 aromatic heterocycles. The van der Waals surface area contributed by atoms with Gasteiger partial charge < -0.3 is 9.47 Å². The minimum atomic E-state index is -0.320. The standard InChI is InChI=1S/C14H21NO3S/c1-9-6-5-7-14(8-9,18-4)13-15-10(2)11(19-13)12(16)17-3/h9H,5-8H2,1-4H3. The van der Waals surface area contributed by atoms with Crippen molar-refractivity contribution in [1.29, 1.82) is 0 Å². The summed E-state index contributed by atoms with van der Waals surface area (Å²) in [6.45, 7) is 4.09. The van der Waals surface area contributed by atoms with Gasteiger partial charge >= 0.3 is 5.97 Å². The minimum absolute atomic E-state index is 0.309. The first-order valence-electron chi connectivity index (χ1n) is 6.64. The third-order valence-electron chi connectivity index (χ3n) is 3.90. The van der Waals surface area contributed by atoms with Gasteiger partial charge in [0.25, 0.3) is 0 Å². The van der Waals surface area contributed by atoms with Gasteiger partial charge in [-0.2, -0.15) is 0 Å². The summed E-state index contributed by atoms with van der Waals surface area (Å²) < 4.78 is 10.6. The summed E-state index contributed by atoms with van der Waals surface area (Å²) in [5, 5.41) is 0.916. The zero-order valence-electron chi connectivity index (χ0n) is 12.0. The Morgan fingerprint density at radius 1 is 1.47 bits per heavy atom. The monoisotopic (exact) mass is 283 g/mol. The SMILES string of the molecule is COC(=O)c1sc(C2(OC)CCCC(C)C2)nc1C. The Labute approximate surface area is 118 Å². The molecular formula is C14H21NO3S. The molecule has 2 atom stereocenters. The largest absolute Gasteiger partial charge is 0.465 e. The Morgan fingerprint density at radius 3 is 2.79 bits per heavy atom. The lowest BCUT2D eigenvalue weighted by atomic mass is 9.79. The molecule has 4 nitrogen and oxygen atoms in total. The third-order valence-corrected chi connectivity index (χ3v) is 5.23. The predicted octanol–water partition coefficient (Wildman–Crippen LogP) is 3.29. The van der Waals surface area contributed by atoms with Crippen LogP contribution in [0.2, 0.25) is 0 Å². The Hall–Kier alpha value is -0.940. The first-order valence-corrected chi connectivity index (χ1v) is 7.45. The van der Waals surface area contributed by atoms with Gasteiger partial charge in [-0.1, -0.05) is 13.3 Å². The van der Waals surface area contributed by atoms with Crippen LogP contribution in [0, 0.1) is 12.8 Å². The van der Waals surface area contributed by atoms with Crippen LogP contribution in [-0.4, -0.2) is 25.2 Å². The maximum atomic E-state index is 11.7. The Morgan fingerprint density at radius 2 is 2.21 bits per heavy atom. The molecule has 1 aliphatic carbocycles. The molecule has 1 fully saturated rings. The number of carbonyl (C=O) groups is 1. The molecule has 0 N–H and O–H groups in total. The van der Waals surface area contributed by atoms with Crippen LogP contribution in [0.15, 0.2) is 0 Å². The molecule has 0 saturated heterocycles. The fourth-order valence-corrected chi connectivity index (χ4v) is 4.03. The third kappa shape index (κ3) is 2.67. The average Bonchev–Trinajstić information content (AvgIpc) is 2.80. The quantitative estimate of drug-likeness (QED) is 0.799. The fraction of sp³-hybridized carbons (Fsp3) is 0.714. The molecule has 106 valence electrons. The molecule has 0 aliphatic heterocycles. The van der Waals surface area contributed by atoms with Crippen molar-refractivity contribution in [2.24, 2.45) is 5.92 Å². The molecule has 1 saturated carbocycles.